The van der Waals surface area contributed by atoms with Gasteiger partial charge in [-0.15, -0.1) is 0 Å². The van der Waals surface area contributed by atoms with Crippen LogP contribution in [0.1, 0.15) is 52.9 Å². The number of ether oxygens (including phenoxy) is 1. The Morgan fingerprint density at radius 2 is 1.77 bits per heavy atom. The van der Waals surface area contributed by atoms with Crippen molar-refractivity contribution in [1.29, 1.82) is 0 Å². The summed E-state index contributed by atoms with van der Waals surface area (Å²) in [6.07, 6.45) is 2.74. The average molecular weight is 469 g/mol. The fourth-order valence-corrected chi connectivity index (χ4v) is 5.81. The van der Waals surface area contributed by atoms with E-state index in [9.17, 15) is 9.90 Å². The number of rotatable bonds is 6. The number of nitrogens with zero attached hydrogens (tertiary/aromatic N) is 2. The zero-order valence-corrected chi connectivity index (χ0v) is 20.2. The van der Waals surface area contributed by atoms with Crippen molar-refractivity contribution in [3.05, 3.63) is 95.1 Å². The fraction of sp³-hybridized carbons (Fsp3) is 0.367. The highest BCUT2D eigenvalue weighted by Crippen LogP contribution is 2.55. The first kappa shape index (κ1) is 22.2. The summed E-state index contributed by atoms with van der Waals surface area (Å²) in [6, 6.07) is 23.2. The Kier molecular flexibility index (Phi) is 5.53. The summed E-state index contributed by atoms with van der Waals surface area (Å²) in [7, 11) is 0. The van der Waals surface area contributed by atoms with Crippen LogP contribution in [-0.4, -0.2) is 52.6 Å². The monoisotopic (exact) mass is 468 g/mol. The van der Waals surface area contributed by atoms with Gasteiger partial charge in [0.1, 0.15) is 11.5 Å². The quantitative estimate of drug-likeness (QED) is 0.551. The molecule has 5 heteroatoms. The minimum Gasteiger partial charge on any atom is -0.508 e. The van der Waals surface area contributed by atoms with Gasteiger partial charge in [-0.05, 0) is 78.9 Å². The van der Waals surface area contributed by atoms with Crippen molar-refractivity contribution >= 4 is 5.91 Å². The van der Waals surface area contributed by atoms with Gasteiger partial charge in [0.25, 0.3) is 5.91 Å². The lowest BCUT2D eigenvalue weighted by Crippen LogP contribution is -2.49. The summed E-state index contributed by atoms with van der Waals surface area (Å²) in [5, 5.41) is 10.2. The minimum atomic E-state index is -0.201. The molecule has 3 aromatic rings. The highest BCUT2D eigenvalue weighted by molar-refractivity contribution is 5.96. The Labute approximate surface area is 206 Å². The number of fused-ring (bicyclic) bond motifs is 1. The molecular formula is C30H32N2O3. The van der Waals surface area contributed by atoms with Crippen LogP contribution in [0.2, 0.25) is 0 Å². The molecule has 1 unspecified atom stereocenters. The van der Waals surface area contributed by atoms with E-state index in [0.717, 1.165) is 67.9 Å². The second-order valence-electron chi connectivity index (χ2n) is 10.3. The SMILES string of the molecule is CCN1CC(COc2ccc(C3c4ccc(O)cc4CC4(CC4)N3C(=O)c3ccccc3)cc2)C1. The van der Waals surface area contributed by atoms with E-state index in [1.807, 2.05) is 54.6 Å². The van der Waals surface area contributed by atoms with E-state index in [1.165, 1.54) is 0 Å². The Hall–Kier alpha value is -3.31. The van der Waals surface area contributed by atoms with Crippen LogP contribution in [-0.2, 0) is 6.42 Å². The third kappa shape index (κ3) is 4.08. The van der Waals surface area contributed by atoms with Gasteiger partial charge in [-0.1, -0.05) is 43.3 Å². The van der Waals surface area contributed by atoms with Crippen molar-refractivity contribution in [2.24, 2.45) is 5.92 Å². The Morgan fingerprint density at radius 1 is 1.03 bits per heavy atom. The average Bonchev–Trinajstić information content (AvgIpc) is 3.62. The summed E-state index contributed by atoms with van der Waals surface area (Å²) in [5.74, 6) is 1.81. The van der Waals surface area contributed by atoms with E-state index in [-0.39, 0.29) is 23.2 Å². The molecule has 5 nitrogen and oxygen atoms in total. The lowest BCUT2D eigenvalue weighted by Gasteiger charge is -2.44. The maximum Gasteiger partial charge on any atom is 0.255 e. The van der Waals surface area contributed by atoms with Crippen LogP contribution < -0.4 is 4.74 Å². The van der Waals surface area contributed by atoms with Gasteiger partial charge in [-0.3, -0.25) is 4.79 Å². The van der Waals surface area contributed by atoms with Crippen molar-refractivity contribution in [3.8, 4) is 11.5 Å². The molecule has 2 aliphatic heterocycles. The topological polar surface area (TPSA) is 53.0 Å². The Morgan fingerprint density at radius 3 is 2.46 bits per heavy atom. The molecule has 2 heterocycles. The molecule has 6 rings (SSSR count). The van der Waals surface area contributed by atoms with Crippen molar-refractivity contribution in [2.45, 2.75) is 37.8 Å². The van der Waals surface area contributed by atoms with Gasteiger partial charge in [0.05, 0.1) is 12.6 Å². The van der Waals surface area contributed by atoms with Gasteiger partial charge in [0.2, 0.25) is 0 Å². The summed E-state index contributed by atoms with van der Waals surface area (Å²) in [6.45, 7) is 6.25. The van der Waals surface area contributed by atoms with Gasteiger partial charge in [0.15, 0.2) is 0 Å². The Bertz CT molecular complexity index is 1210. The largest absolute Gasteiger partial charge is 0.508 e. The third-order valence-electron chi connectivity index (χ3n) is 7.94. The number of amides is 1. The van der Waals surface area contributed by atoms with Crippen LogP contribution in [0.3, 0.4) is 0 Å². The number of carbonyl (C=O) groups is 1. The number of likely N-dealkylation sites (tertiary alicyclic amines) is 1. The molecule has 0 bridgehead atoms. The molecule has 1 atom stereocenters. The number of phenolic OH excluding ortho intramolecular Hbond substituents is 1. The van der Waals surface area contributed by atoms with Crippen LogP contribution in [0.5, 0.6) is 11.5 Å². The zero-order chi connectivity index (χ0) is 24.0. The van der Waals surface area contributed by atoms with Crippen LogP contribution in [0.25, 0.3) is 0 Å². The molecule has 2 fully saturated rings. The van der Waals surface area contributed by atoms with E-state index < -0.39 is 0 Å². The number of phenols is 1. The molecule has 3 aromatic carbocycles. The van der Waals surface area contributed by atoms with Crippen LogP contribution in [0, 0.1) is 5.92 Å². The summed E-state index contributed by atoms with van der Waals surface area (Å²) in [4.78, 5) is 18.4. The van der Waals surface area contributed by atoms with Gasteiger partial charge in [-0.25, -0.2) is 0 Å². The first-order chi connectivity index (χ1) is 17.1. The molecule has 0 radical (unpaired) electrons. The molecule has 3 aliphatic rings. The second-order valence-corrected chi connectivity index (χ2v) is 10.3. The maximum atomic E-state index is 13.9. The number of benzene rings is 3. The van der Waals surface area contributed by atoms with Gasteiger partial charge in [-0.2, -0.15) is 0 Å². The molecule has 1 spiro atoms. The number of aromatic hydroxyl groups is 1. The lowest BCUT2D eigenvalue weighted by molar-refractivity contribution is 0.0541. The standard InChI is InChI=1S/C30H32N2O3/c1-2-31-18-21(19-31)20-35-26-11-8-22(9-12-26)28-27-13-10-25(33)16-24(27)17-30(14-15-30)32(28)29(34)23-6-4-3-5-7-23/h3-13,16,21,28,33H,2,14-15,17-20H2,1H3. The van der Waals surface area contributed by atoms with E-state index in [4.69, 9.17) is 4.74 Å². The summed E-state index contributed by atoms with van der Waals surface area (Å²) >= 11 is 0. The van der Waals surface area contributed by atoms with Crippen LogP contribution >= 0.6 is 0 Å². The van der Waals surface area contributed by atoms with Crippen LogP contribution in [0.4, 0.5) is 0 Å². The molecule has 1 saturated carbocycles. The third-order valence-corrected chi connectivity index (χ3v) is 7.94. The minimum absolute atomic E-state index is 0.0672. The molecule has 1 saturated heterocycles. The fourth-order valence-electron chi connectivity index (χ4n) is 5.81. The number of hydrogen-bond acceptors (Lipinski definition) is 4. The first-order valence-electron chi connectivity index (χ1n) is 12.7. The van der Waals surface area contributed by atoms with Crippen LogP contribution in [0.15, 0.2) is 72.8 Å². The molecular weight excluding hydrogens is 436 g/mol. The summed E-state index contributed by atoms with van der Waals surface area (Å²) in [5.41, 5.74) is 3.82. The van der Waals surface area contributed by atoms with Crippen molar-refractivity contribution in [3.63, 3.8) is 0 Å². The van der Waals surface area contributed by atoms with Gasteiger partial charge < -0.3 is 19.6 Å². The highest BCUT2D eigenvalue weighted by atomic mass is 16.5. The molecule has 1 N–H and O–H groups in total. The van der Waals surface area contributed by atoms with Gasteiger partial charge in [0, 0.05) is 30.1 Å². The summed E-state index contributed by atoms with van der Waals surface area (Å²) < 4.78 is 6.09. The molecule has 0 aromatic heterocycles. The van der Waals surface area contributed by atoms with E-state index in [2.05, 4.69) is 28.9 Å². The number of carbonyl (C=O) groups excluding carboxylic acids is 1. The second kappa shape index (κ2) is 8.72. The zero-order valence-electron chi connectivity index (χ0n) is 20.2. The van der Waals surface area contributed by atoms with E-state index >= 15 is 0 Å². The van der Waals surface area contributed by atoms with Gasteiger partial charge >= 0.3 is 0 Å². The molecule has 180 valence electrons. The molecule has 35 heavy (non-hydrogen) atoms. The predicted octanol–water partition coefficient (Wildman–Crippen LogP) is 5.04. The normalized spacial score (nSPS) is 20.8. The first-order valence-corrected chi connectivity index (χ1v) is 12.7. The smallest absolute Gasteiger partial charge is 0.255 e. The van der Waals surface area contributed by atoms with Crippen molar-refractivity contribution in [1.82, 2.24) is 9.80 Å². The van der Waals surface area contributed by atoms with Crippen molar-refractivity contribution < 1.29 is 14.6 Å². The van der Waals surface area contributed by atoms with E-state index in [1.54, 1.807) is 6.07 Å². The molecule has 1 amide bonds. The van der Waals surface area contributed by atoms with Crippen molar-refractivity contribution in [2.75, 3.05) is 26.2 Å². The van der Waals surface area contributed by atoms with E-state index in [0.29, 0.717) is 11.5 Å². The molecule has 1 aliphatic carbocycles. The Balaban J connectivity index is 1.32. The highest BCUT2D eigenvalue weighted by Gasteiger charge is 2.56. The number of hydrogen-bond donors (Lipinski definition) is 1. The maximum absolute atomic E-state index is 13.9. The predicted molar refractivity (Wildman–Crippen MR) is 136 cm³/mol. The lowest BCUT2D eigenvalue weighted by atomic mass is 9.82.